The van der Waals surface area contributed by atoms with Crippen LogP contribution in [-0.2, 0) is 0 Å². The van der Waals surface area contributed by atoms with Gasteiger partial charge in [-0.3, -0.25) is 0 Å². The number of nitrogens with one attached hydrogen (secondary N) is 2. The maximum absolute atomic E-state index is 5.29. The van der Waals surface area contributed by atoms with Gasteiger partial charge in [0.25, 0.3) is 0 Å². The first kappa shape index (κ1) is 11.3. The maximum atomic E-state index is 5.29. The van der Waals surface area contributed by atoms with E-state index in [-0.39, 0.29) is 0 Å². The van der Waals surface area contributed by atoms with Gasteiger partial charge in [-0.15, -0.1) is 0 Å². The van der Waals surface area contributed by atoms with Crippen molar-refractivity contribution in [2.24, 2.45) is 0 Å². The van der Waals surface area contributed by atoms with Crippen molar-refractivity contribution in [1.82, 2.24) is 15.3 Å². The number of methoxy groups -OCH3 is 2. The molecule has 5 heteroatoms. The summed E-state index contributed by atoms with van der Waals surface area (Å²) in [4.78, 5) is 7.98. The smallest absolute Gasteiger partial charge is 0.163 e. The van der Waals surface area contributed by atoms with Crippen molar-refractivity contribution in [2.75, 3.05) is 20.8 Å². The standard InChI is InChI=1S/C13H17N3O2/c1-17-11-6-9-10(7-12(11)18-2)16-13(15-9)8-4-3-5-14-8/h6-8,14H,3-5H2,1-2H3,(H,15,16). The summed E-state index contributed by atoms with van der Waals surface area (Å²) in [6.45, 7) is 1.06. The Morgan fingerprint density at radius 3 is 2.67 bits per heavy atom. The van der Waals surface area contributed by atoms with Crippen LogP contribution in [0.15, 0.2) is 12.1 Å². The molecule has 5 nitrogen and oxygen atoms in total. The molecule has 0 bridgehead atoms. The largest absolute Gasteiger partial charge is 0.493 e. The monoisotopic (exact) mass is 247 g/mol. The zero-order valence-electron chi connectivity index (χ0n) is 10.6. The lowest BCUT2D eigenvalue weighted by Crippen LogP contribution is -2.13. The summed E-state index contributed by atoms with van der Waals surface area (Å²) in [6.07, 6.45) is 2.34. The predicted molar refractivity (Wildman–Crippen MR) is 69.2 cm³/mol. The SMILES string of the molecule is COc1cc2nc(C3CCCN3)[nH]c2cc1OC. The number of nitrogens with zero attached hydrogens (tertiary/aromatic N) is 1. The lowest BCUT2D eigenvalue weighted by molar-refractivity contribution is 0.356. The molecule has 1 unspecified atom stereocenters. The van der Waals surface area contributed by atoms with E-state index in [1.165, 1.54) is 6.42 Å². The quantitative estimate of drug-likeness (QED) is 0.871. The van der Waals surface area contributed by atoms with Gasteiger partial charge >= 0.3 is 0 Å². The number of fused-ring (bicyclic) bond motifs is 1. The number of ether oxygens (including phenoxy) is 2. The predicted octanol–water partition coefficient (Wildman–Crippen LogP) is 2.00. The van der Waals surface area contributed by atoms with Crippen molar-refractivity contribution in [3.8, 4) is 11.5 Å². The van der Waals surface area contributed by atoms with Gasteiger partial charge in [0.2, 0.25) is 0 Å². The third-order valence-electron chi connectivity index (χ3n) is 3.40. The Kier molecular flexibility index (Phi) is 2.83. The molecule has 1 saturated heterocycles. The highest BCUT2D eigenvalue weighted by atomic mass is 16.5. The molecule has 3 rings (SSSR count). The van der Waals surface area contributed by atoms with Crippen LogP contribution in [0.4, 0.5) is 0 Å². The molecule has 0 amide bonds. The molecule has 1 aliphatic heterocycles. The fourth-order valence-corrected chi connectivity index (χ4v) is 2.44. The molecular weight excluding hydrogens is 230 g/mol. The average Bonchev–Trinajstić information content (AvgIpc) is 3.04. The number of aromatic nitrogens is 2. The van der Waals surface area contributed by atoms with Crippen LogP contribution in [0.5, 0.6) is 11.5 Å². The van der Waals surface area contributed by atoms with Crippen LogP contribution in [0.2, 0.25) is 0 Å². The molecule has 0 saturated carbocycles. The lowest BCUT2D eigenvalue weighted by Gasteiger charge is -2.06. The van der Waals surface area contributed by atoms with E-state index in [4.69, 9.17) is 9.47 Å². The van der Waals surface area contributed by atoms with Crippen molar-refractivity contribution in [1.29, 1.82) is 0 Å². The molecule has 0 radical (unpaired) electrons. The Morgan fingerprint density at radius 2 is 2.00 bits per heavy atom. The molecule has 2 aromatic rings. The molecule has 1 aromatic heterocycles. The Labute approximate surface area is 106 Å². The summed E-state index contributed by atoms with van der Waals surface area (Å²) in [5.41, 5.74) is 1.90. The summed E-state index contributed by atoms with van der Waals surface area (Å²) in [6, 6.07) is 4.18. The number of aromatic amines is 1. The summed E-state index contributed by atoms with van der Waals surface area (Å²) < 4.78 is 10.6. The molecule has 2 heterocycles. The van der Waals surface area contributed by atoms with E-state index in [1.807, 2.05) is 12.1 Å². The van der Waals surface area contributed by atoms with E-state index >= 15 is 0 Å². The summed E-state index contributed by atoms with van der Waals surface area (Å²) in [5, 5.41) is 3.43. The fraction of sp³-hybridized carbons (Fsp3) is 0.462. The normalized spacial score (nSPS) is 19.3. The Bertz CT molecular complexity index is 518. The molecule has 1 aromatic carbocycles. The van der Waals surface area contributed by atoms with E-state index in [2.05, 4.69) is 15.3 Å². The van der Waals surface area contributed by atoms with Crippen molar-refractivity contribution in [3.63, 3.8) is 0 Å². The minimum absolute atomic E-state index is 0.342. The molecule has 2 N–H and O–H groups in total. The third-order valence-corrected chi connectivity index (χ3v) is 3.40. The van der Waals surface area contributed by atoms with Gasteiger partial charge in [-0.2, -0.15) is 0 Å². The maximum Gasteiger partial charge on any atom is 0.163 e. The number of hydrogen-bond donors (Lipinski definition) is 2. The van der Waals surface area contributed by atoms with Gasteiger partial charge in [-0.25, -0.2) is 4.98 Å². The number of H-pyrrole nitrogens is 1. The first-order valence-corrected chi connectivity index (χ1v) is 6.17. The van der Waals surface area contributed by atoms with Crippen LogP contribution in [-0.4, -0.2) is 30.7 Å². The van der Waals surface area contributed by atoms with Gasteiger partial charge in [0.15, 0.2) is 11.5 Å². The van der Waals surface area contributed by atoms with E-state index in [0.717, 1.165) is 35.6 Å². The summed E-state index contributed by atoms with van der Waals surface area (Å²) >= 11 is 0. The van der Waals surface area contributed by atoms with E-state index in [0.29, 0.717) is 11.8 Å². The highest BCUT2D eigenvalue weighted by Crippen LogP contribution is 2.32. The zero-order valence-corrected chi connectivity index (χ0v) is 10.6. The topological polar surface area (TPSA) is 59.2 Å². The van der Waals surface area contributed by atoms with E-state index < -0.39 is 0 Å². The Morgan fingerprint density at radius 1 is 1.22 bits per heavy atom. The van der Waals surface area contributed by atoms with E-state index in [1.54, 1.807) is 14.2 Å². The summed E-state index contributed by atoms with van der Waals surface area (Å²) in [5.74, 6) is 2.43. The van der Waals surface area contributed by atoms with E-state index in [9.17, 15) is 0 Å². The van der Waals surface area contributed by atoms with Crippen molar-refractivity contribution < 1.29 is 9.47 Å². The second-order valence-corrected chi connectivity index (χ2v) is 4.50. The summed E-state index contributed by atoms with van der Waals surface area (Å²) in [7, 11) is 3.27. The van der Waals surface area contributed by atoms with Crippen molar-refractivity contribution >= 4 is 11.0 Å². The van der Waals surface area contributed by atoms with Gasteiger partial charge in [-0.05, 0) is 19.4 Å². The molecule has 1 fully saturated rings. The fourth-order valence-electron chi connectivity index (χ4n) is 2.44. The van der Waals surface area contributed by atoms with Crippen LogP contribution in [0.25, 0.3) is 11.0 Å². The molecule has 1 atom stereocenters. The zero-order chi connectivity index (χ0) is 12.5. The average molecular weight is 247 g/mol. The molecule has 18 heavy (non-hydrogen) atoms. The van der Waals surface area contributed by atoms with Gasteiger partial charge < -0.3 is 19.8 Å². The van der Waals surface area contributed by atoms with Crippen LogP contribution in [0.1, 0.15) is 24.7 Å². The van der Waals surface area contributed by atoms with Crippen LogP contribution in [0.3, 0.4) is 0 Å². The number of imidazole rings is 1. The second-order valence-electron chi connectivity index (χ2n) is 4.50. The van der Waals surface area contributed by atoms with Crippen LogP contribution in [0, 0.1) is 0 Å². The van der Waals surface area contributed by atoms with Gasteiger partial charge in [0.1, 0.15) is 5.82 Å². The molecule has 0 spiro atoms. The first-order valence-electron chi connectivity index (χ1n) is 6.17. The highest BCUT2D eigenvalue weighted by molar-refractivity contribution is 5.79. The molecule has 96 valence electrons. The van der Waals surface area contributed by atoms with Crippen molar-refractivity contribution in [2.45, 2.75) is 18.9 Å². The van der Waals surface area contributed by atoms with Crippen LogP contribution < -0.4 is 14.8 Å². The molecule has 1 aliphatic rings. The van der Waals surface area contributed by atoms with Gasteiger partial charge in [-0.1, -0.05) is 0 Å². The molecule has 0 aliphatic carbocycles. The van der Waals surface area contributed by atoms with Gasteiger partial charge in [0, 0.05) is 12.1 Å². The minimum Gasteiger partial charge on any atom is -0.493 e. The lowest BCUT2D eigenvalue weighted by atomic mass is 10.2. The highest BCUT2D eigenvalue weighted by Gasteiger charge is 2.20. The Hall–Kier alpha value is -1.75. The molecular formula is C13H17N3O2. The number of benzene rings is 1. The number of hydrogen-bond acceptors (Lipinski definition) is 4. The first-order chi connectivity index (χ1) is 8.81. The second kappa shape index (κ2) is 4.49. The minimum atomic E-state index is 0.342. The van der Waals surface area contributed by atoms with Crippen molar-refractivity contribution in [3.05, 3.63) is 18.0 Å². The Balaban J connectivity index is 2.05. The van der Waals surface area contributed by atoms with Crippen LogP contribution >= 0.6 is 0 Å². The van der Waals surface area contributed by atoms with Gasteiger partial charge in [0.05, 0.1) is 31.3 Å². The third kappa shape index (κ3) is 1.80. The number of rotatable bonds is 3.